The monoisotopic (exact) mass is 295 g/mol. The Morgan fingerprint density at radius 1 is 1.33 bits per heavy atom. The molecule has 0 saturated heterocycles. The average molecular weight is 295 g/mol. The molecule has 0 bridgehead atoms. The maximum absolute atomic E-state index is 12.1. The lowest BCUT2D eigenvalue weighted by Crippen LogP contribution is -2.47. The quantitative estimate of drug-likeness (QED) is 0.596. The van der Waals surface area contributed by atoms with Crippen LogP contribution in [0.5, 0.6) is 5.75 Å². The van der Waals surface area contributed by atoms with Crippen LogP contribution in [0.25, 0.3) is 0 Å². The molecule has 1 aromatic carbocycles. The first-order valence-corrected chi connectivity index (χ1v) is 7.02. The van der Waals surface area contributed by atoms with Gasteiger partial charge in [0.15, 0.2) is 6.10 Å². The Bertz CT molecular complexity index is 466. The highest BCUT2D eigenvalue weighted by molar-refractivity contribution is 5.81. The zero-order valence-electron chi connectivity index (χ0n) is 11.8. The van der Waals surface area contributed by atoms with E-state index in [2.05, 4.69) is 5.32 Å². The second-order valence-corrected chi connectivity index (χ2v) is 5.35. The van der Waals surface area contributed by atoms with Gasteiger partial charge in [0.2, 0.25) is 0 Å². The number of hydrogen-bond acceptors (Lipinski definition) is 5. The summed E-state index contributed by atoms with van der Waals surface area (Å²) in [5, 5.41) is 31.3. The predicted octanol–water partition coefficient (Wildman–Crippen LogP) is -0.327. The summed E-state index contributed by atoms with van der Waals surface area (Å²) in [5.41, 5.74) is 0. The van der Waals surface area contributed by atoms with Crippen LogP contribution in [0.15, 0.2) is 30.3 Å². The van der Waals surface area contributed by atoms with Gasteiger partial charge in [0, 0.05) is 12.5 Å². The number of carbonyl (C=O) groups is 1. The molecule has 6 nitrogen and oxygen atoms in total. The molecule has 4 N–H and O–H groups in total. The molecule has 1 saturated carbocycles. The molecule has 1 aromatic rings. The van der Waals surface area contributed by atoms with E-state index in [1.54, 1.807) is 19.1 Å². The third-order valence-corrected chi connectivity index (χ3v) is 3.79. The molecule has 0 aliphatic heterocycles. The van der Waals surface area contributed by atoms with Crippen LogP contribution >= 0.6 is 0 Å². The third-order valence-electron chi connectivity index (χ3n) is 3.79. The van der Waals surface area contributed by atoms with Crippen LogP contribution in [-0.4, -0.2) is 52.2 Å². The Hall–Kier alpha value is -1.63. The molecule has 0 aromatic heterocycles. The third kappa shape index (κ3) is 3.72. The first-order valence-electron chi connectivity index (χ1n) is 7.02. The number of hydrogen-bond donors (Lipinski definition) is 4. The van der Waals surface area contributed by atoms with E-state index in [9.17, 15) is 15.0 Å². The summed E-state index contributed by atoms with van der Waals surface area (Å²) in [5.74, 6) is -0.204. The zero-order valence-corrected chi connectivity index (χ0v) is 11.8. The molecule has 1 aliphatic rings. The first kappa shape index (κ1) is 15.8. The molecule has 1 aliphatic carbocycles. The van der Waals surface area contributed by atoms with Crippen molar-refractivity contribution in [1.29, 1.82) is 0 Å². The lowest BCUT2D eigenvalue weighted by atomic mass is 10.1. The molecule has 1 unspecified atom stereocenters. The van der Waals surface area contributed by atoms with Gasteiger partial charge in [0.1, 0.15) is 11.9 Å². The Labute approximate surface area is 123 Å². The maximum atomic E-state index is 12.1. The minimum absolute atomic E-state index is 0.222. The van der Waals surface area contributed by atoms with E-state index >= 15 is 0 Å². The van der Waals surface area contributed by atoms with E-state index in [0.717, 1.165) is 0 Å². The highest BCUT2D eigenvalue weighted by Crippen LogP contribution is 2.26. The van der Waals surface area contributed by atoms with Gasteiger partial charge in [0.05, 0.1) is 12.1 Å². The second kappa shape index (κ2) is 6.89. The molecule has 0 heterocycles. The van der Waals surface area contributed by atoms with Crippen LogP contribution in [0, 0.1) is 5.92 Å². The molecule has 116 valence electrons. The van der Waals surface area contributed by atoms with Crippen molar-refractivity contribution in [2.45, 2.75) is 37.7 Å². The number of para-hydroxylation sites is 1. The Morgan fingerprint density at radius 3 is 2.57 bits per heavy atom. The summed E-state index contributed by atoms with van der Waals surface area (Å²) < 4.78 is 5.50. The van der Waals surface area contributed by atoms with Crippen molar-refractivity contribution < 1.29 is 24.9 Å². The van der Waals surface area contributed by atoms with Crippen molar-refractivity contribution in [2.75, 3.05) is 6.61 Å². The largest absolute Gasteiger partial charge is 0.481 e. The van der Waals surface area contributed by atoms with E-state index < -0.39 is 30.3 Å². The summed E-state index contributed by atoms with van der Waals surface area (Å²) in [7, 11) is 0. The summed E-state index contributed by atoms with van der Waals surface area (Å²) in [6, 6.07) is 8.39. The van der Waals surface area contributed by atoms with Gasteiger partial charge >= 0.3 is 0 Å². The van der Waals surface area contributed by atoms with Crippen molar-refractivity contribution >= 4 is 5.91 Å². The van der Waals surface area contributed by atoms with Gasteiger partial charge in [-0.05, 0) is 25.5 Å². The molecule has 0 radical (unpaired) electrons. The van der Waals surface area contributed by atoms with Crippen LogP contribution in [0.2, 0.25) is 0 Å². The highest BCUT2D eigenvalue weighted by atomic mass is 16.5. The number of carbonyl (C=O) groups excluding carboxylic acids is 1. The minimum Gasteiger partial charge on any atom is -0.481 e. The molecular weight excluding hydrogens is 274 g/mol. The fraction of sp³-hybridized carbons (Fsp3) is 0.533. The van der Waals surface area contributed by atoms with Crippen molar-refractivity contribution in [3.8, 4) is 5.75 Å². The zero-order chi connectivity index (χ0) is 15.4. The Kier molecular flexibility index (Phi) is 5.17. The first-order chi connectivity index (χ1) is 10.0. The number of rotatable bonds is 5. The van der Waals surface area contributed by atoms with E-state index in [-0.39, 0.29) is 12.5 Å². The van der Waals surface area contributed by atoms with Gasteiger partial charge in [-0.25, -0.2) is 0 Å². The predicted molar refractivity (Wildman–Crippen MR) is 75.7 cm³/mol. The SMILES string of the molecule is CC(Oc1ccccc1)C(=O)N[C@@H]1C[C@H](CO)[C@@H](O)[C@H]1O. The van der Waals surface area contributed by atoms with Crippen molar-refractivity contribution in [1.82, 2.24) is 5.32 Å². The molecule has 1 fully saturated rings. The number of benzene rings is 1. The molecule has 21 heavy (non-hydrogen) atoms. The number of ether oxygens (including phenoxy) is 1. The van der Waals surface area contributed by atoms with Crippen LogP contribution in [0.3, 0.4) is 0 Å². The number of nitrogens with one attached hydrogen (secondary N) is 1. The molecule has 5 atom stereocenters. The lowest BCUT2D eigenvalue weighted by Gasteiger charge is -2.21. The maximum Gasteiger partial charge on any atom is 0.261 e. The number of aliphatic hydroxyl groups excluding tert-OH is 3. The highest BCUT2D eigenvalue weighted by Gasteiger charge is 2.42. The number of aliphatic hydroxyl groups is 3. The molecular formula is C15H21NO5. The van der Waals surface area contributed by atoms with E-state index in [0.29, 0.717) is 12.2 Å². The standard InChI is InChI=1S/C15H21NO5/c1-9(21-11-5-3-2-4-6-11)15(20)16-12-7-10(8-17)13(18)14(12)19/h2-6,9-10,12-14,17-19H,7-8H2,1H3,(H,16,20)/t9?,10-,12-,13-,14+/m1/s1. The average Bonchev–Trinajstić information content (AvgIpc) is 2.76. The van der Waals surface area contributed by atoms with Gasteiger partial charge in [-0.15, -0.1) is 0 Å². The molecule has 6 heteroatoms. The van der Waals surface area contributed by atoms with Crippen LogP contribution < -0.4 is 10.1 Å². The Morgan fingerprint density at radius 2 is 2.00 bits per heavy atom. The van der Waals surface area contributed by atoms with Crippen LogP contribution in [0.4, 0.5) is 0 Å². The normalized spacial score (nSPS) is 29.9. The second-order valence-electron chi connectivity index (χ2n) is 5.35. The van der Waals surface area contributed by atoms with E-state index in [1.165, 1.54) is 0 Å². The van der Waals surface area contributed by atoms with Crippen molar-refractivity contribution in [2.24, 2.45) is 5.92 Å². The summed E-state index contributed by atoms with van der Waals surface area (Å²) in [6.45, 7) is 1.39. The van der Waals surface area contributed by atoms with Crippen LogP contribution in [-0.2, 0) is 4.79 Å². The topological polar surface area (TPSA) is 99.0 Å². The van der Waals surface area contributed by atoms with Gasteiger partial charge in [0.25, 0.3) is 5.91 Å². The van der Waals surface area contributed by atoms with Crippen LogP contribution in [0.1, 0.15) is 13.3 Å². The molecule has 1 amide bonds. The van der Waals surface area contributed by atoms with E-state index in [1.807, 2.05) is 18.2 Å². The van der Waals surface area contributed by atoms with E-state index in [4.69, 9.17) is 9.84 Å². The number of amides is 1. The van der Waals surface area contributed by atoms with Gasteiger partial charge < -0.3 is 25.4 Å². The lowest BCUT2D eigenvalue weighted by molar-refractivity contribution is -0.128. The summed E-state index contributed by atoms with van der Waals surface area (Å²) in [6.07, 6.45) is -2.48. The van der Waals surface area contributed by atoms with Gasteiger partial charge in [-0.2, -0.15) is 0 Å². The molecule has 0 spiro atoms. The van der Waals surface area contributed by atoms with Gasteiger partial charge in [-0.1, -0.05) is 18.2 Å². The van der Waals surface area contributed by atoms with Crippen molar-refractivity contribution in [3.63, 3.8) is 0 Å². The summed E-state index contributed by atoms with van der Waals surface area (Å²) in [4.78, 5) is 12.1. The molecule has 2 rings (SSSR count). The summed E-state index contributed by atoms with van der Waals surface area (Å²) >= 11 is 0. The van der Waals surface area contributed by atoms with Gasteiger partial charge in [-0.3, -0.25) is 4.79 Å². The fourth-order valence-electron chi connectivity index (χ4n) is 2.51. The minimum atomic E-state index is -1.07. The Balaban J connectivity index is 1.89. The smallest absolute Gasteiger partial charge is 0.261 e. The van der Waals surface area contributed by atoms with Crippen molar-refractivity contribution in [3.05, 3.63) is 30.3 Å². The fourth-order valence-corrected chi connectivity index (χ4v) is 2.51.